The Kier molecular flexibility index (Phi) is 7.25. The zero-order valence-electron chi connectivity index (χ0n) is 16.9. The molecule has 0 spiro atoms. The summed E-state index contributed by atoms with van der Waals surface area (Å²) < 4.78 is 113. The fourth-order valence-corrected chi connectivity index (χ4v) is 5.35. The number of benzene rings is 2. The molecule has 6 nitrogen and oxygen atoms in total. The highest BCUT2D eigenvalue weighted by Crippen LogP contribution is 2.40. The number of halogens is 7. The normalized spacial score (nSPS) is 16.7. The minimum atomic E-state index is -5.20. The number of rotatable bonds is 6. The molecule has 2 N–H and O–H groups in total. The Bertz CT molecular complexity index is 1180. The van der Waals surface area contributed by atoms with E-state index in [2.05, 4.69) is 20.7 Å². The van der Waals surface area contributed by atoms with Crippen molar-refractivity contribution in [2.75, 3.05) is 6.61 Å². The maximum atomic E-state index is 13.2. The van der Waals surface area contributed by atoms with Crippen LogP contribution in [0.4, 0.5) is 26.3 Å². The van der Waals surface area contributed by atoms with Crippen LogP contribution in [0.2, 0.25) is 0 Å². The minimum Gasteiger partial charge on any atom is -0.482 e. The second kappa shape index (κ2) is 9.38. The van der Waals surface area contributed by atoms with Crippen molar-refractivity contribution in [2.45, 2.75) is 42.6 Å². The summed E-state index contributed by atoms with van der Waals surface area (Å²) in [6.45, 7) is -0.663. The molecule has 0 radical (unpaired) electrons. The van der Waals surface area contributed by atoms with Crippen LogP contribution in [0.5, 0.6) is 5.75 Å². The number of hydrogen-bond acceptors (Lipinski definition) is 4. The van der Waals surface area contributed by atoms with E-state index >= 15 is 0 Å². The van der Waals surface area contributed by atoms with E-state index in [0.717, 1.165) is 0 Å². The van der Waals surface area contributed by atoms with Gasteiger partial charge in [-0.15, -0.1) is 0 Å². The van der Waals surface area contributed by atoms with E-state index in [4.69, 9.17) is 9.84 Å². The number of fused-ring (bicyclic) bond motifs is 1. The van der Waals surface area contributed by atoms with E-state index in [-0.39, 0.29) is 30.4 Å². The van der Waals surface area contributed by atoms with E-state index < -0.39 is 57.0 Å². The number of nitrogens with one attached hydrogen (secondary N) is 1. The molecular weight excluding hydrogens is 560 g/mol. The maximum Gasteiger partial charge on any atom is 0.416 e. The van der Waals surface area contributed by atoms with E-state index in [1.165, 1.54) is 12.1 Å². The molecule has 1 atom stereocenters. The van der Waals surface area contributed by atoms with Crippen LogP contribution in [0.1, 0.15) is 41.1 Å². The predicted octanol–water partition coefficient (Wildman–Crippen LogP) is 5.31. The van der Waals surface area contributed by atoms with Gasteiger partial charge in [0.2, 0.25) is 10.0 Å². The second-order valence-electron chi connectivity index (χ2n) is 7.46. The molecule has 2 aromatic rings. The average molecular weight is 576 g/mol. The van der Waals surface area contributed by atoms with Crippen LogP contribution in [-0.4, -0.2) is 26.1 Å². The Labute approximate surface area is 198 Å². The summed E-state index contributed by atoms with van der Waals surface area (Å²) in [5.41, 5.74) is -2.64. The number of hydrogen-bond donors (Lipinski definition) is 2. The van der Waals surface area contributed by atoms with Crippen molar-refractivity contribution in [1.82, 2.24) is 4.72 Å². The molecule has 1 aliphatic carbocycles. The molecule has 0 aromatic heterocycles. The zero-order chi connectivity index (χ0) is 25.5. The van der Waals surface area contributed by atoms with E-state index in [1.807, 2.05) is 0 Å². The predicted molar refractivity (Wildman–Crippen MR) is 110 cm³/mol. The Morgan fingerprint density at radius 3 is 2.18 bits per heavy atom. The molecule has 14 heteroatoms. The van der Waals surface area contributed by atoms with Gasteiger partial charge in [0, 0.05) is 10.5 Å². The van der Waals surface area contributed by atoms with Gasteiger partial charge in [-0.2, -0.15) is 26.3 Å². The lowest BCUT2D eigenvalue weighted by Crippen LogP contribution is -2.32. The number of carboxylic acids is 1. The molecule has 0 unspecified atom stereocenters. The number of carbonyl (C=O) groups is 1. The maximum absolute atomic E-state index is 13.2. The van der Waals surface area contributed by atoms with Gasteiger partial charge in [0.25, 0.3) is 0 Å². The summed E-state index contributed by atoms with van der Waals surface area (Å²) in [7, 11) is -4.82. The standard InChI is InChI=1S/C20H16BrF6NO5S/c21-12-7-15-14(17(8-12)33-9-18(29)30)2-1-3-16(15)28-34(31,32)13-5-10(19(22,23)24)4-11(6-13)20(25,26)27/h4-8,16,28H,1-3,9H2,(H,29,30)/t16-/m1/s1. The number of ether oxygens (including phenoxy) is 1. The van der Waals surface area contributed by atoms with Gasteiger partial charge in [0.15, 0.2) is 6.61 Å². The molecule has 2 aromatic carbocycles. The van der Waals surface area contributed by atoms with Crippen LogP contribution in [-0.2, 0) is 33.6 Å². The van der Waals surface area contributed by atoms with Gasteiger partial charge in [-0.25, -0.2) is 17.9 Å². The molecule has 0 bridgehead atoms. The Morgan fingerprint density at radius 2 is 1.65 bits per heavy atom. The minimum absolute atomic E-state index is 0.142. The summed E-state index contributed by atoms with van der Waals surface area (Å²) in [4.78, 5) is 9.66. The highest BCUT2D eigenvalue weighted by atomic mass is 79.9. The van der Waals surface area contributed by atoms with E-state index in [9.17, 15) is 39.6 Å². The largest absolute Gasteiger partial charge is 0.482 e. The Hall–Kier alpha value is -2.32. The fraction of sp³-hybridized carbons (Fsp3) is 0.350. The lowest BCUT2D eigenvalue weighted by molar-refractivity contribution is -0.143. The number of carboxylic acid groups (broad SMARTS) is 1. The third kappa shape index (κ3) is 6.02. The van der Waals surface area contributed by atoms with Crippen LogP contribution in [0.3, 0.4) is 0 Å². The Morgan fingerprint density at radius 1 is 1.06 bits per heavy atom. The topological polar surface area (TPSA) is 92.7 Å². The molecular formula is C20H16BrF6NO5S. The first kappa shape index (κ1) is 26.3. The first-order valence-electron chi connectivity index (χ1n) is 9.56. The van der Waals surface area contributed by atoms with E-state index in [0.29, 0.717) is 28.4 Å². The molecule has 0 heterocycles. The molecule has 3 rings (SSSR count). The van der Waals surface area contributed by atoms with Crippen molar-refractivity contribution in [1.29, 1.82) is 0 Å². The summed E-state index contributed by atoms with van der Waals surface area (Å²) in [6.07, 6.45) is -9.40. The summed E-state index contributed by atoms with van der Waals surface area (Å²) in [5, 5.41) is 8.85. The smallest absolute Gasteiger partial charge is 0.416 e. The molecule has 0 saturated heterocycles. The molecule has 186 valence electrons. The summed E-state index contributed by atoms with van der Waals surface area (Å²) >= 11 is 3.21. The van der Waals surface area contributed by atoms with Gasteiger partial charge in [-0.3, -0.25) is 0 Å². The van der Waals surface area contributed by atoms with Crippen LogP contribution < -0.4 is 9.46 Å². The number of aliphatic carboxylic acids is 1. The lowest BCUT2D eigenvalue weighted by Gasteiger charge is -2.28. The van der Waals surface area contributed by atoms with Crippen LogP contribution in [0.25, 0.3) is 0 Å². The second-order valence-corrected chi connectivity index (χ2v) is 10.1. The van der Waals surface area contributed by atoms with Gasteiger partial charge in [-0.1, -0.05) is 15.9 Å². The van der Waals surface area contributed by atoms with Crippen molar-refractivity contribution in [3.63, 3.8) is 0 Å². The highest BCUT2D eigenvalue weighted by molar-refractivity contribution is 9.10. The monoisotopic (exact) mass is 575 g/mol. The fourth-order valence-electron chi connectivity index (χ4n) is 3.58. The Balaban J connectivity index is 2.02. The van der Waals surface area contributed by atoms with Crippen LogP contribution in [0, 0.1) is 0 Å². The van der Waals surface area contributed by atoms with Crippen molar-refractivity contribution in [3.8, 4) is 5.75 Å². The molecule has 1 aliphatic rings. The zero-order valence-corrected chi connectivity index (χ0v) is 19.3. The van der Waals surface area contributed by atoms with Crippen molar-refractivity contribution < 1.29 is 49.4 Å². The van der Waals surface area contributed by atoms with Crippen molar-refractivity contribution in [2.24, 2.45) is 0 Å². The average Bonchev–Trinajstić information content (AvgIpc) is 2.70. The van der Waals surface area contributed by atoms with Crippen LogP contribution in [0.15, 0.2) is 39.7 Å². The molecule has 0 amide bonds. The number of sulfonamides is 1. The third-order valence-corrected chi connectivity index (χ3v) is 6.93. The van der Waals surface area contributed by atoms with Gasteiger partial charge >= 0.3 is 18.3 Å². The summed E-state index contributed by atoms with van der Waals surface area (Å²) in [5.74, 6) is -1.07. The molecule has 0 saturated carbocycles. The molecule has 0 aliphatic heterocycles. The quantitative estimate of drug-likeness (QED) is 0.456. The van der Waals surface area contributed by atoms with Gasteiger partial charge in [0.1, 0.15) is 5.75 Å². The molecule has 0 fully saturated rings. The lowest BCUT2D eigenvalue weighted by atomic mass is 9.87. The van der Waals surface area contributed by atoms with Crippen LogP contribution >= 0.6 is 15.9 Å². The third-order valence-electron chi connectivity index (χ3n) is 5.02. The van der Waals surface area contributed by atoms with Gasteiger partial charge in [0.05, 0.1) is 16.0 Å². The van der Waals surface area contributed by atoms with Crippen molar-refractivity contribution in [3.05, 3.63) is 57.1 Å². The molecule has 34 heavy (non-hydrogen) atoms. The van der Waals surface area contributed by atoms with Crippen molar-refractivity contribution >= 4 is 31.9 Å². The number of alkyl halides is 6. The van der Waals surface area contributed by atoms with Gasteiger partial charge in [-0.05, 0) is 60.7 Å². The highest BCUT2D eigenvalue weighted by Gasteiger charge is 2.39. The summed E-state index contributed by atoms with van der Waals surface area (Å²) in [6, 6.07) is 2.15. The first-order valence-corrected chi connectivity index (χ1v) is 11.8. The SMILES string of the molecule is O=C(O)COc1cc(Br)cc2c1CCC[C@H]2NS(=O)(=O)c1cc(C(F)(F)F)cc(C(F)(F)F)c1. The van der Waals surface area contributed by atoms with E-state index in [1.54, 1.807) is 0 Å². The van der Waals surface area contributed by atoms with Gasteiger partial charge < -0.3 is 9.84 Å². The first-order chi connectivity index (χ1) is 15.6.